The molecule has 2 heterocycles. The molecule has 0 saturated carbocycles. The highest BCUT2D eigenvalue weighted by Gasteiger charge is 2.25. The van der Waals surface area contributed by atoms with Gasteiger partial charge < -0.3 is 15.5 Å². The number of hydrogen-bond donors (Lipinski definition) is 2. The molecule has 2 saturated heterocycles. The molecule has 1 aromatic rings. The van der Waals surface area contributed by atoms with E-state index in [9.17, 15) is 4.79 Å². The predicted molar refractivity (Wildman–Crippen MR) is 108 cm³/mol. The summed E-state index contributed by atoms with van der Waals surface area (Å²) in [7, 11) is 0. The van der Waals surface area contributed by atoms with E-state index in [4.69, 9.17) is 0 Å². The van der Waals surface area contributed by atoms with Gasteiger partial charge in [-0.15, -0.1) is 24.8 Å². The van der Waals surface area contributed by atoms with Gasteiger partial charge >= 0.3 is 0 Å². The molecule has 0 aliphatic carbocycles. The zero-order chi connectivity index (χ0) is 15.9. The maximum absolute atomic E-state index is 12.3. The summed E-state index contributed by atoms with van der Waals surface area (Å²) < 4.78 is 0. The van der Waals surface area contributed by atoms with E-state index in [-0.39, 0.29) is 36.8 Å². The number of rotatable bonds is 5. The second-order valence-electron chi connectivity index (χ2n) is 6.86. The number of amides is 1. The molecule has 6 heteroatoms. The summed E-state index contributed by atoms with van der Waals surface area (Å²) in [5.74, 6) is 0.215. The molecular formula is C19H31Cl2N3O. The van der Waals surface area contributed by atoms with Crippen LogP contribution in [0, 0.1) is 0 Å². The summed E-state index contributed by atoms with van der Waals surface area (Å²) in [5, 5.41) is 6.59. The number of nitrogens with one attached hydrogen (secondary N) is 2. The Balaban J connectivity index is 0.00000156. The normalized spacial score (nSPS) is 21.7. The van der Waals surface area contributed by atoms with Gasteiger partial charge in [0.25, 0.3) is 0 Å². The molecule has 2 N–H and O–H groups in total. The molecule has 0 radical (unpaired) electrons. The molecule has 2 aliphatic rings. The lowest BCUT2D eigenvalue weighted by Gasteiger charge is -2.33. The van der Waals surface area contributed by atoms with Crippen molar-refractivity contribution >= 4 is 30.7 Å². The van der Waals surface area contributed by atoms with Crippen molar-refractivity contribution in [1.82, 2.24) is 15.5 Å². The number of carbonyl (C=O) groups excluding carboxylic acids is 1. The molecule has 3 rings (SSSR count). The Hall–Kier alpha value is -0.810. The second-order valence-corrected chi connectivity index (χ2v) is 6.86. The first kappa shape index (κ1) is 22.2. The van der Waals surface area contributed by atoms with Crippen LogP contribution in [-0.4, -0.2) is 49.1 Å². The quantitative estimate of drug-likeness (QED) is 0.816. The van der Waals surface area contributed by atoms with Crippen LogP contribution in [0.1, 0.15) is 37.7 Å². The van der Waals surface area contributed by atoms with E-state index < -0.39 is 0 Å². The topological polar surface area (TPSA) is 44.4 Å². The molecule has 2 aliphatic heterocycles. The van der Waals surface area contributed by atoms with Crippen LogP contribution in [0.15, 0.2) is 30.3 Å². The van der Waals surface area contributed by atoms with Crippen molar-refractivity contribution in [2.45, 2.75) is 50.6 Å². The van der Waals surface area contributed by atoms with Crippen molar-refractivity contribution in [3.05, 3.63) is 35.9 Å². The highest BCUT2D eigenvalue weighted by Crippen LogP contribution is 2.13. The Labute approximate surface area is 163 Å². The van der Waals surface area contributed by atoms with Gasteiger partial charge in [-0.25, -0.2) is 0 Å². The summed E-state index contributed by atoms with van der Waals surface area (Å²) in [6, 6.07) is 11.1. The summed E-state index contributed by atoms with van der Waals surface area (Å²) in [5.41, 5.74) is 1.41. The molecule has 4 nitrogen and oxygen atoms in total. The first-order valence-corrected chi connectivity index (χ1v) is 9.11. The van der Waals surface area contributed by atoms with Crippen LogP contribution in [0.3, 0.4) is 0 Å². The lowest BCUT2D eigenvalue weighted by molar-refractivity contribution is -0.124. The SMILES string of the molecule is Cl.Cl.O=C(NC1CCN(CCc2ccccc2)CC1)[C@H]1CCCCN1. The molecule has 2 fully saturated rings. The summed E-state index contributed by atoms with van der Waals surface area (Å²) in [6.07, 6.45) is 6.62. The van der Waals surface area contributed by atoms with Gasteiger partial charge in [-0.1, -0.05) is 36.8 Å². The van der Waals surface area contributed by atoms with E-state index in [1.54, 1.807) is 0 Å². The lowest BCUT2D eigenvalue weighted by Crippen LogP contribution is -2.52. The number of nitrogens with zero attached hydrogens (tertiary/aromatic N) is 1. The van der Waals surface area contributed by atoms with E-state index in [0.29, 0.717) is 6.04 Å². The third-order valence-corrected chi connectivity index (χ3v) is 5.12. The first-order valence-electron chi connectivity index (χ1n) is 9.11. The fourth-order valence-electron chi connectivity index (χ4n) is 3.61. The van der Waals surface area contributed by atoms with Crippen LogP contribution < -0.4 is 10.6 Å². The summed E-state index contributed by atoms with van der Waals surface area (Å²) >= 11 is 0. The maximum atomic E-state index is 12.3. The maximum Gasteiger partial charge on any atom is 0.237 e. The smallest absolute Gasteiger partial charge is 0.237 e. The van der Waals surface area contributed by atoms with Crippen LogP contribution in [0.2, 0.25) is 0 Å². The van der Waals surface area contributed by atoms with E-state index in [0.717, 1.165) is 51.9 Å². The Bertz CT molecular complexity index is 487. The molecule has 0 spiro atoms. The molecule has 1 aromatic carbocycles. The minimum atomic E-state index is 0. The van der Waals surface area contributed by atoms with Crippen molar-refractivity contribution in [1.29, 1.82) is 0 Å². The van der Waals surface area contributed by atoms with Crippen LogP contribution in [0.5, 0.6) is 0 Å². The minimum absolute atomic E-state index is 0. The molecule has 25 heavy (non-hydrogen) atoms. The number of benzene rings is 1. The number of carbonyl (C=O) groups is 1. The molecule has 1 amide bonds. The molecular weight excluding hydrogens is 357 g/mol. The van der Waals surface area contributed by atoms with Crippen LogP contribution in [0.25, 0.3) is 0 Å². The summed E-state index contributed by atoms with van der Waals surface area (Å²) in [6.45, 7) is 4.29. The van der Waals surface area contributed by atoms with Crippen LogP contribution in [0.4, 0.5) is 0 Å². The van der Waals surface area contributed by atoms with Gasteiger partial charge in [0.2, 0.25) is 5.91 Å². The van der Waals surface area contributed by atoms with Crippen molar-refractivity contribution in [2.24, 2.45) is 0 Å². The van der Waals surface area contributed by atoms with Crippen LogP contribution in [-0.2, 0) is 11.2 Å². The number of hydrogen-bond acceptors (Lipinski definition) is 3. The Kier molecular flexibility index (Phi) is 10.4. The molecule has 1 atom stereocenters. The van der Waals surface area contributed by atoms with E-state index in [1.165, 1.54) is 18.4 Å². The van der Waals surface area contributed by atoms with Crippen molar-refractivity contribution in [3.8, 4) is 0 Å². The van der Waals surface area contributed by atoms with Gasteiger partial charge in [-0.2, -0.15) is 0 Å². The Morgan fingerprint density at radius 3 is 2.44 bits per heavy atom. The number of piperidine rings is 2. The molecule has 0 aromatic heterocycles. The Morgan fingerprint density at radius 1 is 1.08 bits per heavy atom. The van der Waals surface area contributed by atoms with Gasteiger partial charge in [0, 0.05) is 25.7 Å². The fraction of sp³-hybridized carbons (Fsp3) is 0.632. The highest BCUT2D eigenvalue weighted by atomic mass is 35.5. The fourth-order valence-corrected chi connectivity index (χ4v) is 3.61. The van der Waals surface area contributed by atoms with Crippen molar-refractivity contribution < 1.29 is 4.79 Å². The average Bonchev–Trinajstić information content (AvgIpc) is 2.63. The molecule has 142 valence electrons. The lowest BCUT2D eigenvalue weighted by atomic mass is 10.0. The summed E-state index contributed by atoms with van der Waals surface area (Å²) in [4.78, 5) is 14.8. The first-order chi connectivity index (χ1) is 11.3. The highest BCUT2D eigenvalue weighted by molar-refractivity contribution is 5.85. The van der Waals surface area contributed by atoms with E-state index >= 15 is 0 Å². The number of likely N-dealkylation sites (tertiary alicyclic amines) is 1. The van der Waals surface area contributed by atoms with E-state index in [1.807, 2.05) is 0 Å². The predicted octanol–water partition coefficient (Wildman–Crippen LogP) is 2.80. The van der Waals surface area contributed by atoms with Gasteiger partial charge in [0.05, 0.1) is 6.04 Å². The second kappa shape index (κ2) is 11.7. The third kappa shape index (κ3) is 7.14. The Morgan fingerprint density at radius 2 is 1.80 bits per heavy atom. The van der Waals surface area contributed by atoms with Crippen molar-refractivity contribution in [3.63, 3.8) is 0 Å². The zero-order valence-corrected chi connectivity index (χ0v) is 16.4. The van der Waals surface area contributed by atoms with Gasteiger partial charge in [-0.3, -0.25) is 4.79 Å². The zero-order valence-electron chi connectivity index (χ0n) is 14.8. The van der Waals surface area contributed by atoms with Gasteiger partial charge in [0.1, 0.15) is 0 Å². The van der Waals surface area contributed by atoms with Crippen LogP contribution >= 0.6 is 24.8 Å². The molecule has 0 unspecified atom stereocenters. The minimum Gasteiger partial charge on any atom is -0.352 e. The van der Waals surface area contributed by atoms with Gasteiger partial charge in [-0.05, 0) is 44.2 Å². The molecule has 0 bridgehead atoms. The average molecular weight is 388 g/mol. The largest absolute Gasteiger partial charge is 0.352 e. The number of halogens is 2. The monoisotopic (exact) mass is 387 g/mol. The van der Waals surface area contributed by atoms with Gasteiger partial charge in [0.15, 0.2) is 0 Å². The van der Waals surface area contributed by atoms with Crippen molar-refractivity contribution in [2.75, 3.05) is 26.2 Å². The third-order valence-electron chi connectivity index (χ3n) is 5.12. The standard InChI is InChI=1S/C19H29N3O.2ClH/c23-19(18-8-4-5-12-20-18)21-17-10-14-22(15-11-17)13-9-16-6-2-1-3-7-16;;/h1-3,6-7,17-18,20H,4-5,8-15H2,(H,21,23);2*1H/t18-;;/m1../s1. The van der Waals surface area contributed by atoms with E-state index in [2.05, 4.69) is 45.9 Å².